The summed E-state index contributed by atoms with van der Waals surface area (Å²) in [5.74, 6) is -0.0851. The van der Waals surface area contributed by atoms with Crippen LogP contribution in [0.3, 0.4) is 0 Å². The summed E-state index contributed by atoms with van der Waals surface area (Å²) in [4.78, 5) is 0.947. The van der Waals surface area contributed by atoms with Crippen molar-refractivity contribution in [2.45, 2.75) is 18.9 Å². The molecular weight excluding hydrogens is 390 g/mol. The van der Waals surface area contributed by atoms with Crippen LogP contribution in [0.2, 0.25) is 0 Å². The summed E-state index contributed by atoms with van der Waals surface area (Å²) in [5.41, 5.74) is 8.05. The zero-order valence-electron chi connectivity index (χ0n) is 10.4. The molecule has 2 nitrogen and oxygen atoms in total. The van der Waals surface area contributed by atoms with Gasteiger partial charge in [-0.2, -0.15) is 0 Å². The molecule has 2 rings (SSSR count). The summed E-state index contributed by atoms with van der Waals surface area (Å²) >= 11 is 8.47. The van der Waals surface area contributed by atoms with Gasteiger partial charge in [-0.1, -0.05) is 28.1 Å². The van der Waals surface area contributed by atoms with Crippen molar-refractivity contribution in [1.29, 1.82) is 0 Å². The first-order valence-corrected chi connectivity index (χ1v) is 8.32. The van der Waals surface area contributed by atoms with Gasteiger partial charge in [-0.25, -0.2) is 0 Å². The Balaban J connectivity index is 2.28. The Labute approximate surface area is 133 Å². The molecule has 19 heavy (non-hydrogen) atoms. The van der Waals surface area contributed by atoms with Crippen molar-refractivity contribution in [3.63, 3.8) is 0 Å². The molecule has 1 aromatic carbocycles. The molecule has 2 aromatic rings. The first-order valence-electron chi connectivity index (χ1n) is 5.92. The van der Waals surface area contributed by atoms with E-state index in [1.165, 1.54) is 0 Å². The van der Waals surface area contributed by atoms with Gasteiger partial charge in [0.25, 0.3) is 0 Å². The van der Waals surface area contributed by atoms with Gasteiger partial charge in [0.1, 0.15) is 0 Å². The average Bonchev–Trinajstić information content (AvgIpc) is 2.73. The minimum atomic E-state index is -0.568. The highest BCUT2D eigenvalue weighted by atomic mass is 79.9. The molecule has 0 saturated heterocycles. The molecule has 0 saturated carbocycles. The monoisotopic (exact) mass is 403 g/mol. The van der Waals surface area contributed by atoms with E-state index in [1.54, 1.807) is 11.3 Å². The van der Waals surface area contributed by atoms with E-state index in [0.717, 1.165) is 24.3 Å². The molecule has 0 aliphatic rings. The number of benzene rings is 1. The van der Waals surface area contributed by atoms with E-state index in [-0.39, 0.29) is 5.92 Å². The van der Waals surface area contributed by atoms with Crippen molar-refractivity contribution < 1.29 is 5.11 Å². The molecule has 0 bridgehead atoms. The summed E-state index contributed by atoms with van der Waals surface area (Å²) in [6.07, 6.45) is -0.568. The highest BCUT2D eigenvalue weighted by Gasteiger charge is 2.23. The molecule has 1 aromatic heterocycles. The lowest BCUT2D eigenvalue weighted by Crippen LogP contribution is -2.19. The van der Waals surface area contributed by atoms with Crippen molar-refractivity contribution in [2.24, 2.45) is 5.73 Å². The molecule has 0 aliphatic heterocycles. The Morgan fingerprint density at radius 2 is 1.89 bits per heavy atom. The van der Waals surface area contributed by atoms with Crippen molar-refractivity contribution in [3.8, 4) is 0 Å². The van der Waals surface area contributed by atoms with E-state index in [4.69, 9.17) is 5.73 Å². The molecule has 0 radical (unpaired) electrons. The van der Waals surface area contributed by atoms with E-state index >= 15 is 0 Å². The van der Waals surface area contributed by atoms with Crippen LogP contribution in [0.4, 0.5) is 0 Å². The summed E-state index contributed by atoms with van der Waals surface area (Å²) in [6.45, 7) is 2.44. The van der Waals surface area contributed by atoms with Crippen LogP contribution >= 0.6 is 43.2 Å². The third-order valence-electron chi connectivity index (χ3n) is 3.10. The summed E-state index contributed by atoms with van der Waals surface area (Å²) < 4.78 is 2.09. The molecule has 0 amide bonds. The molecule has 3 N–H and O–H groups in total. The number of hydrogen-bond acceptors (Lipinski definition) is 3. The first kappa shape index (κ1) is 15.2. The van der Waals surface area contributed by atoms with E-state index in [9.17, 15) is 5.11 Å². The molecule has 0 aliphatic carbocycles. The largest absolute Gasteiger partial charge is 0.387 e. The van der Waals surface area contributed by atoms with Gasteiger partial charge in [-0.15, -0.1) is 11.3 Å². The van der Waals surface area contributed by atoms with Gasteiger partial charge in [-0.05, 0) is 52.2 Å². The SMILES string of the molecule is Cc1cc(C(O)C(CN)c2ccc(Br)cc2)sc1Br. The smallest absolute Gasteiger partial charge is 0.0962 e. The molecule has 102 valence electrons. The Morgan fingerprint density at radius 1 is 1.26 bits per heavy atom. The van der Waals surface area contributed by atoms with Crippen molar-refractivity contribution >= 4 is 43.2 Å². The van der Waals surface area contributed by atoms with Gasteiger partial charge in [0.2, 0.25) is 0 Å². The van der Waals surface area contributed by atoms with Gasteiger partial charge >= 0.3 is 0 Å². The summed E-state index contributed by atoms with van der Waals surface area (Å²) in [5, 5.41) is 10.5. The topological polar surface area (TPSA) is 46.2 Å². The van der Waals surface area contributed by atoms with Crippen LogP contribution < -0.4 is 5.73 Å². The third kappa shape index (κ3) is 3.47. The number of halogens is 2. The van der Waals surface area contributed by atoms with E-state index in [1.807, 2.05) is 37.3 Å². The van der Waals surface area contributed by atoms with E-state index in [0.29, 0.717) is 6.54 Å². The number of aliphatic hydroxyl groups excluding tert-OH is 1. The second-order valence-corrected chi connectivity index (χ2v) is 7.76. The molecule has 0 spiro atoms. The van der Waals surface area contributed by atoms with Gasteiger partial charge in [-0.3, -0.25) is 0 Å². The summed E-state index contributed by atoms with van der Waals surface area (Å²) in [6, 6.07) is 9.96. The maximum Gasteiger partial charge on any atom is 0.0962 e. The predicted octanol–water partition coefficient (Wildman–Crippen LogP) is 4.36. The number of rotatable bonds is 4. The Kier molecular flexibility index (Phi) is 5.20. The molecule has 0 fully saturated rings. The van der Waals surface area contributed by atoms with Crippen LogP contribution in [0.25, 0.3) is 0 Å². The van der Waals surface area contributed by atoms with Crippen LogP contribution in [-0.4, -0.2) is 11.7 Å². The lowest BCUT2D eigenvalue weighted by Gasteiger charge is -2.21. The van der Waals surface area contributed by atoms with Gasteiger partial charge in [0, 0.05) is 21.8 Å². The lowest BCUT2D eigenvalue weighted by atomic mass is 9.92. The van der Waals surface area contributed by atoms with Gasteiger partial charge in [0.05, 0.1) is 9.89 Å². The predicted molar refractivity (Wildman–Crippen MR) is 87.7 cm³/mol. The molecule has 1 heterocycles. The van der Waals surface area contributed by atoms with E-state index in [2.05, 4.69) is 31.9 Å². The Hall–Kier alpha value is -0.200. The van der Waals surface area contributed by atoms with Crippen LogP contribution in [-0.2, 0) is 0 Å². The fraction of sp³-hybridized carbons (Fsp3) is 0.286. The standard InChI is InChI=1S/C14H15Br2NOS/c1-8-6-12(19-14(8)16)13(18)11(7-17)9-2-4-10(15)5-3-9/h2-6,11,13,18H,7,17H2,1H3. The Bertz CT molecular complexity index is 534. The number of thiophene rings is 1. The second kappa shape index (κ2) is 6.50. The maximum atomic E-state index is 10.5. The van der Waals surface area contributed by atoms with Crippen LogP contribution in [0.1, 0.15) is 28.0 Å². The van der Waals surface area contributed by atoms with Crippen LogP contribution in [0.5, 0.6) is 0 Å². The maximum absolute atomic E-state index is 10.5. The lowest BCUT2D eigenvalue weighted by molar-refractivity contribution is 0.151. The first-order chi connectivity index (χ1) is 9.02. The normalized spacial score (nSPS) is 14.4. The number of aryl methyl sites for hydroxylation is 1. The minimum absolute atomic E-state index is 0.0851. The molecule has 2 unspecified atom stereocenters. The molecule has 2 atom stereocenters. The molecule has 5 heteroatoms. The highest BCUT2D eigenvalue weighted by molar-refractivity contribution is 9.11. The second-order valence-electron chi connectivity index (χ2n) is 4.44. The van der Waals surface area contributed by atoms with Crippen LogP contribution in [0, 0.1) is 6.92 Å². The van der Waals surface area contributed by atoms with Crippen molar-refractivity contribution in [3.05, 3.63) is 54.6 Å². The zero-order chi connectivity index (χ0) is 14.0. The molecular formula is C14H15Br2NOS. The average molecular weight is 405 g/mol. The fourth-order valence-corrected chi connectivity index (χ4v) is 3.87. The fourth-order valence-electron chi connectivity index (χ4n) is 1.98. The number of aliphatic hydroxyl groups is 1. The quantitative estimate of drug-likeness (QED) is 0.795. The van der Waals surface area contributed by atoms with E-state index < -0.39 is 6.10 Å². The van der Waals surface area contributed by atoms with Crippen molar-refractivity contribution in [2.75, 3.05) is 6.54 Å². The Morgan fingerprint density at radius 3 is 2.37 bits per heavy atom. The van der Waals surface area contributed by atoms with Gasteiger partial charge < -0.3 is 10.8 Å². The summed E-state index contributed by atoms with van der Waals surface area (Å²) in [7, 11) is 0. The van der Waals surface area contributed by atoms with Crippen LogP contribution in [0.15, 0.2) is 38.6 Å². The highest BCUT2D eigenvalue weighted by Crippen LogP contribution is 2.37. The van der Waals surface area contributed by atoms with Gasteiger partial charge in [0.15, 0.2) is 0 Å². The minimum Gasteiger partial charge on any atom is -0.387 e. The zero-order valence-corrected chi connectivity index (χ0v) is 14.4. The number of nitrogens with two attached hydrogens (primary N) is 1. The third-order valence-corrected chi connectivity index (χ3v) is 5.84. The number of hydrogen-bond donors (Lipinski definition) is 2. The van der Waals surface area contributed by atoms with Crippen molar-refractivity contribution in [1.82, 2.24) is 0 Å².